The molecule has 3 aromatic rings. The van der Waals surface area contributed by atoms with Crippen LogP contribution < -0.4 is 4.74 Å². The summed E-state index contributed by atoms with van der Waals surface area (Å²) in [5.74, 6) is 1.38. The monoisotopic (exact) mass is 394 g/mol. The minimum absolute atomic E-state index is 0.280. The summed E-state index contributed by atoms with van der Waals surface area (Å²) in [6.45, 7) is 0.280. The van der Waals surface area contributed by atoms with Gasteiger partial charge in [0.2, 0.25) is 4.77 Å². The van der Waals surface area contributed by atoms with E-state index in [1.54, 1.807) is 22.2 Å². The van der Waals surface area contributed by atoms with E-state index in [1.807, 2.05) is 42.5 Å². The maximum absolute atomic E-state index is 5.67. The Bertz CT molecular complexity index is 838. The zero-order valence-electron chi connectivity index (χ0n) is 11.3. The number of aromatic amines is 1. The molecule has 0 spiro atoms. The summed E-state index contributed by atoms with van der Waals surface area (Å²) >= 11 is 10.2. The lowest BCUT2D eigenvalue weighted by molar-refractivity contribution is 0.290. The fraction of sp³-hybridized carbons (Fsp3) is 0.0714. The Morgan fingerprint density at radius 3 is 2.86 bits per heavy atom. The van der Waals surface area contributed by atoms with E-state index in [9.17, 15) is 0 Å². The van der Waals surface area contributed by atoms with Crippen LogP contribution in [0.3, 0.4) is 0 Å². The van der Waals surface area contributed by atoms with Gasteiger partial charge in [-0.3, -0.25) is 0 Å². The summed E-state index contributed by atoms with van der Waals surface area (Å²) in [6.07, 6.45) is 1.74. The van der Waals surface area contributed by atoms with Crippen molar-refractivity contribution in [1.29, 1.82) is 0 Å². The summed E-state index contributed by atoms with van der Waals surface area (Å²) in [5.41, 5.74) is 0. The van der Waals surface area contributed by atoms with E-state index in [-0.39, 0.29) is 6.61 Å². The lowest BCUT2D eigenvalue weighted by Gasteiger charge is -2.04. The smallest absolute Gasteiger partial charge is 0.216 e. The second kappa shape index (κ2) is 6.99. The number of nitrogens with zero attached hydrogens (tertiary/aromatic N) is 3. The summed E-state index contributed by atoms with van der Waals surface area (Å²) in [5, 5.41) is 11.2. The van der Waals surface area contributed by atoms with E-state index in [4.69, 9.17) is 17.0 Å². The van der Waals surface area contributed by atoms with Gasteiger partial charge in [0.25, 0.3) is 0 Å². The Hall–Kier alpha value is -1.77. The van der Waals surface area contributed by atoms with Crippen molar-refractivity contribution in [2.75, 3.05) is 0 Å². The first-order chi connectivity index (χ1) is 10.7. The van der Waals surface area contributed by atoms with Gasteiger partial charge in [-0.25, -0.2) is 5.10 Å². The largest absolute Gasteiger partial charge is 0.486 e. The Balaban J connectivity index is 1.76. The van der Waals surface area contributed by atoms with Crippen LogP contribution in [0.15, 0.2) is 51.4 Å². The molecular weight excluding hydrogens is 384 g/mol. The lowest BCUT2D eigenvalue weighted by atomic mass is 10.3. The van der Waals surface area contributed by atoms with Crippen molar-refractivity contribution in [3.05, 3.63) is 61.7 Å². The number of H-pyrrole nitrogens is 1. The quantitative estimate of drug-likeness (QED) is 0.520. The average molecular weight is 395 g/mol. The first kappa shape index (κ1) is 15.1. The molecule has 2 heterocycles. The van der Waals surface area contributed by atoms with Crippen molar-refractivity contribution in [2.45, 2.75) is 6.61 Å². The highest BCUT2D eigenvalue weighted by Gasteiger charge is 2.06. The molecule has 0 aliphatic rings. The van der Waals surface area contributed by atoms with E-state index in [0.717, 1.165) is 14.4 Å². The summed E-state index contributed by atoms with van der Waals surface area (Å²) in [4.78, 5) is 1.02. The minimum atomic E-state index is 0.280. The Labute approximate surface area is 144 Å². The van der Waals surface area contributed by atoms with Crippen LogP contribution >= 0.6 is 39.5 Å². The first-order valence-corrected chi connectivity index (χ1v) is 8.38. The van der Waals surface area contributed by atoms with Crippen LogP contribution in [-0.4, -0.2) is 21.1 Å². The Morgan fingerprint density at radius 1 is 1.32 bits per heavy atom. The third-order valence-electron chi connectivity index (χ3n) is 2.72. The number of aromatic nitrogens is 3. The molecule has 1 N–H and O–H groups in total. The number of rotatable bonds is 5. The molecule has 1 aromatic carbocycles. The summed E-state index contributed by atoms with van der Waals surface area (Å²) in [7, 11) is 0. The van der Waals surface area contributed by atoms with E-state index in [0.29, 0.717) is 10.6 Å². The number of hydrogen-bond acceptors (Lipinski definition) is 5. The molecule has 0 saturated heterocycles. The molecular formula is C14H11BrN4OS2. The molecule has 0 aliphatic carbocycles. The zero-order chi connectivity index (χ0) is 15.4. The topological polar surface area (TPSA) is 55.2 Å². The van der Waals surface area contributed by atoms with Crippen LogP contribution in [0.2, 0.25) is 0 Å². The number of thiophene rings is 1. The molecule has 3 rings (SSSR count). The van der Waals surface area contributed by atoms with E-state index in [2.05, 4.69) is 31.2 Å². The number of benzene rings is 1. The van der Waals surface area contributed by atoms with Gasteiger partial charge < -0.3 is 4.74 Å². The predicted molar refractivity (Wildman–Crippen MR) is 93.2 cm³/mol. The number of hydrogen-bond donors (Lipinski definition) is 1. The lowest BCUT2D eigenvalue weighted by Crippen LogP contribution is -2.04. The minimum Gasteiger partial charge on any atom is -0.486 e. The summed E-state index contributed by atoms with van der Waals surface area (Å²) < 4.78 is 8.72. The highest BCUT2D eigenvalue weighted by Crippen LogP contribution is 2.20. The van der Waals surface area contributed by atoms with E-state index >= 15 is 0 Å². The van der Waals surface area contributed by atoms with Gasteiger partial charge in [-0.05, 0) is 52.4 Å². The predicted octanol–water partition coefficient (Wildman–Crippen LogP) is 4.23. The van der Waals surface area contributed by atoms with Crippen LogP contribution in [0.1, 0.15) is 10.7 Å². The number of ether oxygens (including phenoxy) is 1. The van der Waals surface area contributed by atoms with E-state index < -0.39 is 0 Å². The molecule has 0 radical (unpaired) electrons. The fourth-order valence-corrected chi connectivity index (χ4v) is 3.20. The number of halogens is 1. The van der Waals surface area contributed by atoms with Crippen LogP contribution in [0.25, 0.3) is 0 Å². The molecule has 0 unspecified atom stereocenters. The van der Waals surface area contributed by atoms with Gasteiger partial charge in [-0.15, -0.1) is 11.3 Å². The van der Waals surface area contributed by atoms with Crippen molar-refractivity contribution >= 4 is 45.7 Å². The fourth-order valence-electron chi connectivity index (χ4n) is 1.71. The molecule has 0 saturated carbocycles. The SMILES string of the molecule is S=c1[nH]nc(COc2ccccc2)n1/N=C/c1ccc(Br)s1. The molecule has 0 amide bonds. The molecule has 22 heavy (non-hydrogen) atoms. The van der Waals surface area contributed by atoms with Crippen molar-refractivity contribution in [3.63, 3.8) is 0 Å². The van der Waals surface area contributed by atoms with Crippen LogP contribution in [0.5, 0.6) is 5.75 Å². The van der Waals surface area contributed by atoms with Gasteiger partial charge in [0.05, 0.1) is 10.0 Å². The van der Waals surface area contributed by atoms with Crippen molar-refractivity contribution in [3.8, 4) is 5.75 Å². The Morgan fingerprint density at radius 2 is 2.14 bits per heavy atom. The second-order valence-electron chi connectivity index (χ2n) is 4.24. The van der Waals surface area contributed by atoms with Gasteiger partial charge in [0.15, 0.2) is 5.82 Å². The number of para-hydroxylation sites is 1. The maximum Gasteiger partial charge on any atom is 0.216 e. The Kier molecular flexibility index (Phi) is 4.81. The van der Waals surface area contributed by atoms with Gasteiger partial charge in [-0.2, -0.15) is 14.9 Å². The molecule has 0 atom stereocenters. The third-order valence-corrected chi connectivity index (χ3v) is 4.55. The zero-order valence-corrected chi connectivity index (χ0v) is 14.5. The van der Waals surface area contributed by atoms with Crippen molar-refractivity contribution in [1.82, 2.24) is 14.9 Å². The van der Waals surface area contributed by atoms with Gasteiger partial charge in [0, 0.05) is 4.88 Å². The highest BCUT2D eigenvalue weighted by molar-refractivity contribution is 9.11. The standard InChI is InChI=1S/C14H11BrN4OS2/c15-12-7-6-11(22-12)8-16-19-13(17-18-14(19)21)9-20-10-4-2-1-3-5-10/h1-8H,9H2,(H,18,21)/b16-8+. The average Bonchev–Trinajstić information content (AvgIpc) is 3.10. The first-order valence-electron chi connectivity index (χ1n) is 6.36. The molecule has 8 heteroatoms. The summed E-state index contributed by atoms with van der Waals surface area (Å²) in [6, 6.07) is 13.5. The number of nitrogens with one attached hydrogen (secondary N) is 1. The van der Waals surface area contributed by atoms with Crippen LogP contribution in [0, 0.1) is 4.77 Å². The van der Waals surface area contributed by atoms with Crippen LogP contribution in [0.4, 0.5) is 0 Å². The molecule has 112 valence electrons. The molecule has 5 nitrogen and oxygen atoms in total. The van der Waals surface area contributed by atoms with Gasteiger partial charge in [-0.1, -0.05) is 18.2 Å². The molecule has 0 bridgehead atoms. The van der Waals surface area contributed by atoms with Crippen molar-refractivity contribution in [2.24, 2.45) is 5.10 Å². The molecule has 0 aliphatic heterocycles. The van der Waals surface area contributed by atoms with Gasteiger partial charge in [0.1, 0.15) is 12.4 Å². The molecule has 2 aromatic heterocycles. The van der Waals surface area contributed by atoms with Crippen molar-refractivity contribution < 1.29 is 4.74 Å². The highest BCUT2D eigenvalue weighted by atomic mass is 79.9. The van der Waals surface area contributed by atoms with Gasteiger partial charge >= 0.3 is 0 Å². The maximum atomic E-state index is 5.67. The second-order valence-corrected chi connectivity index (χ2v) is 7.13. The molecule has 0 fully saturated rings. The van der Waals surface area contributed by atoms with Crippen LogP contribution in [-0.2, 0) is 6.61 Å². The third kappa shape index (κ3) is 3.70. The normalized spacial score (nSPS) is 11.1. The van der Waals surface area contributed by atoms with E-state index in [1.165, 1.54) is 0 Å².